The van der Waals surface area contributed by atoms with E-state index in [2.05, 4.69) is 11.3 Å². The fourth-order valence-electron chi connectivity index (χ4n) is 1.60. The second kappa shape index (κ2) is 3.60. The van der Waals surface area contributed by atoms with Crippen molar-refractivity contribution in [1.82, 2.24) is 0 Å². The van der Waals surface area contributed by atoms with Crippen molar-refractivity contribution in [2.45, 2.75) is 24.8 Å². The van der Waals surface area contributed by atoms with Crippen LogP contribution in [-0.2, 0) is 9.53 Å². The molecule has 0 spiro atoms. The van der Waals surface area contributed by atoms with Crippen LogP contribution >= 0.6 is 0 Å². The van der Waals surface area contributed by atoms with E-state index in [0.29, 0.717) is 24.0 Å². The highest BCUT2D eigenvalue weighted by Gasteiger charge is 2.49. The number of hydroxylamine groups is 1. The Morgan fingerprint density at radius 1 is 1.92 bits per heavy atom. The number of hydrogen-bond acceptors (Lipinski definition) is 3. The molecule has 72 valence electrons. The van der Waals surface area contributed by atoms with Crippen LogP contribution in [0.3, 0.4) is 0 Å². The van der Waals surface area contributed by atoms with Crippen LogP contribution in [0.1, 0.15) is 19.3 Å². The van der Waals surface area contributed by atoms with Crippen LogP contribution in [0, 0.1) is 5.21 Å². The van der Waals surface area contributed by atoms with Gasteiger partial charge in [-0.2, -0.15) is 4.74 Å². The van der Waals surface area contributed by atoms with Crippen molar-refractivity contribution in [2.24, 2.45) is 0 Å². The predicted molar refractivity (Wildman–Crippen MR) is 48.5 cm³/mol. The van der Waals surface area contributed by atoms with Gasteiger partial charge in [-0.1, -0.05) is 6.08 Å². The fourth-order valence-corrected chi connectivity index (χ4v) is 1.60. The van der Waals surface area contributed by atoms with Crippen LogP contribution < -0.4 is 0 Å². The summed E-state index contributed by atoms with van der Waals surface area (Å²) in [5.74, 6) is -0.476. The van der Waals surface area contributed by atoms with E-state index in [9.17, 15) is 10.0 Å². The molecule has 1 aliphatic heterocycles. The van der Waals surface area contributed by atoms with Crippen molar-refractivity contribution < 1.29 is 14.3 Å². The van der Waals surface area contributed by atoms with Gasteiger partial charge in [0.15, 0.2) is 6.21 Å². The zero-order valence-electron chi connectivity index (χ0n) is 7.66. The lowest BCUT2D eigenvalue weighted by molar-refractivity contribution is -0.522. The minimum atomic E-state index is -1.05. The number of carbonyl (C=O) groups is 1. The third kappa shape index (κ3) is 1.43. The maximum atomic E-state index is 11.4. The zero-order chi connectivity index (χ0) is 9.90. The first kappa shape index (κ1) is 9.77. The first-order valence-corrected chi connectivity index (χ1v) is 4.16. The van der Waals surface area contributed by atoms with Gasteiger partial charge in [0.1, 0.15) is 0 Å². The Labute approximate surface area is 77.1 Å². The molecule has 0 saturated carbocycles. The van der Waals surface area contributed by atoms with Crippen LogP contribution in [-0.4, -0.2) is 29.6 Å². The monoisotopic (exact) mass is 183 g/mol. The molecule has 4 nitrogen and oxygen atoms in total. The van der Waals surface area contributed by atoms with Gasteiger partial charge in [-0.05, 0) is 0 Å². The molecule has 1 rings (SSSR count). The Bertz CT molecular complexity index is 260. The highest BCUT2D eigenvalue weighted by Crippen LogP contribution is 2.27. The third-order valence-electron chi connectivity index (χ3n) is 2.32. The van der Waals surface area contributed by atoms with Crippen molar-refractivity contribution in [3.05, 3.63) is 17.9 Å². The summed E-state index contributed by atoms with van der Waals surface area (Å²) >= 11 is 0. The van der Waals surface area contributed by atoms with E-state index in [-0.39, 0.29) is 0 Å². The van der Waals surface area contributed by atoms with Crippen molar-refractivity contribution in [3.8, 4) is 0 Å². The van der Waals surface area contributed by atoms with E-state index < -0.39 is 11.5 Å². The Balaban J connectivity index is 2.94. The Kier molecular flexibility index (Phi) is 2.70. The van der Waals surface area contributed by atoms with Gasteiger partial charge in [0.25, 0.3) is 5.54 Å². The SMILES string of the molecule is C=CCC1(C(=O)OC)CCC=[N+]1[O-]. The number of nitrogens with zero attached hydrogens (tertiary/aromatic N) is 1. The van der Waals surface area contributed by atoms with E-state index in [0.717, 1.165) is 0 Å². The molecule has 0 fully saturated rings. The quantitative estimate of drug-likeness (QED) is 0.282. The third-order valence-corrected chi connectivity index (χ3v) is 2.32. The summed E-state index contributed by atoms with van der Waals surface area (Å²) < 4.78 is 5.31. The smallest absolute Gasteiger partial charge is 0.379 e. The van der Waals surface area contributed by atoms with Gasteiger partial charge >= 0.3 is 5.97 Å². The van der Waals surface area contributed by atoms with Crippen molar-refractivity contribution >= 4 is 12.2 Å². The van der Waals surface area contributed by atoms with Crippen LogP contribution in [0.25, 0.3) is 0 Å². The molecule has 0 radical (unpaired) electrons. The lowest BCUT2D eigenvalue weighted by Gasteiger charge is -2.23. The average molecular weight is 183 g/mol. The molecule has 1 aliphatic rings. The number of hydrogen-bond donors (Lipinski definition) is 0. The molecule has 0 saturated heterocycles. The van der Waals surface area contributed by atoms with Crippen molar-refractivity contribution in [3.63, 3.8) is 0 Å². The maximum absolute atomic E-state index is 11.4. The first-order valence-electron chi connectivity index (χ1n) is 4.16. The summed E-state index contributed by atoms with van der Waals surface area (Å²) in [5, 5.41) is 11.4. The number of carbonyl (C=O) groups excluding carboxylic acids is 1. The van der Waals surface area contributed by atoms with Crippen molar-refractivity contribution in [2.75, 3.05) is 7.11 Å². The minimum Gasteiger partial charge on any atom is -0.623 e. The van der Waals surface area contributed by atoms with Gasteiger partial charge < -0.3 is 9.94 Å². The lowest BCUT2D eigenvalue weighted by Crippen LogP contribution is -2.44. The standard InChI is InChI=1S/C9H13NO3/c1-3-5-9(8(11)13-2)6-4-7-10(9)12/h3,7H,1,4-6H2,2H3. The predicted octanol–water partition coefficient (Wildman–Crippen LogP) is 0.849. The summed E-state index contributed by atoms with van der Waals surface area (Å²) in [6.45, 7) is 3.53. The van der Waals surface area contributed by atoms with E-state index in [4.69, 9.17) is 0 Å². The van der Waals surface area contributed by atoms with Gasteiger partial charge in [-0.15, -0.1) is 6.58 Å². The molecular weight excluding hydrogens is 170 g/mol. The number of ether oxygens (including phenoxy) is 1. The van der Waals surface area contributed by atoms with Gasteiger partial charge in [0.05, 0.1) is 7.11 Å². The Hall–Kier alpha value is -1.32. The number of rotatable bonds is 3. The van der Waals surface area contributed by atoms with Crippen LogP contribution in [0.2, 0.25) is 0 Å². The summed E-state index contributed by atoms with van der Waals surface area (Å²) in [7, 11) is 1.29. The van der Waals surface area contributed by atoms with Gasteiger partial charge in [-0.25, -0.2) is 4.79 Å². The molecule has 0 bridgehead atoms. The maximum Gasteiger partial charge on any atom is 0.379 e. The normalized spacial score (nSPS) is 26.7. The first-order chi connectivity index (χ1) is 6.17. The molecular formula is C9H13NO3. The number of methoxy groups -OCH3 is 1. The molecule has 1 atom stereocenters. The topological polar surface area (TPSA) is 52.4 Å². The molecule has 13 heavy (non-hydrogen) atoms. The molecule has 0 aromatic heterocycles. The molecule has 0 amide bonds. The van der Waals surface area contributed by atoms with Crippen LogP contribution in [0.15, 0.2) is 12.7 Å². The van der Waals surface area contributed by atoms with E-state index >= 15 is 0 Å². The number of esters is 1. The summed E-state index contributed by atoms with van der Waals surface area (Å²) in [6, 6.07) is 0. The Morgan fingerprint density at radius 3 is 3.00 bits per heavy atom. The minimum absolute atomic E-state index is 0.333. The van der Waals surface area contributed by atoms with Gasteiger partial charge in [0, 0.05) is 19.3 Å². The highest BCUT2D eigenvalue weighted by atomic mass is 16.5. The molecule has 1 unspecified atom stereocenters. The van der Waals surface area contributed by atoms with Gasteiger partial charge in [-0.3, -0.25) is 0 Å². The van der Waals surface area contributed by atoms with E-state index in [1.165, 1.54) is 13.3 Å². The summed E-state index contributed by atoms with van der Waals surface area (Å²) in [6.07, 6.45) is 4.50. The fraction of sp³-hybridized carbons (Fsp3) is 0.556. The molecule has 0 aromatic rings. The molecule has 4 heteroatoms. The van der Waals surface area contributed by atoms with E-state index in [1.54, 1.807) is 6.08 Å². The van der Waals surface area contributed by atoms with Crippen LogP contribution in [0.4, 0.5) is 0 Å². The molecule has 1 heterocycles. The summed E-state index contributed by atoms with van der Waals surface area (Å²) in [5.41, 5.74) is -1.05. The molecule has 0 N–H and O–H groups in total. The van der Waals surface area contributed by atoms with E-state index in [1.807, 2.05) is 0 Å². The second-order valence-electron chi connectivity index (χ2n) is 3.06. The van der Waals surface area contributed by atoms with Crippen LogP contribution in [0.5, 0.6) is 0 Å². The van der Waals surface area contributed by atoms with Gasteiger partial charge in [0.2, 0.25) is 0 Å². The lowest BCUT2D eigenvalue weighted by atomic mass is 9.93. The zero-order valence-corrected chi connectivity index (χ0v) is 7.66. The largest absolute Gasteiger partial charge is 0.623 e. The summed E-state index contributed by atoms with van der Waals surface area (Å²) in [4.78, 5) is 11.4. The molecule has 0 aliphatic carbocycles. The Morgan fingerprint density at radius 2 is 2.62 bits per heavy atom. The second-order valence-corrected chi connectivity index (χ2v) is 3.06. The van der Waals surface area contributed by atoms with Crippen molar-refractivity contribution in [1.29, 1.82) is 0 Å². The molecule has 0 aromatic carbocycles. The average Bonchev–Trinajstić information content (AvgIpc) is 2.48. The highest BCUT2D eigenvalue weighted by molar-refractivity contribution is 5.81.